The number of benzene rings is 1. The minimum atomic E-state index is -0.367. The third-order valence-electron chi connectivity index (χ3n) is 6.49. The van der Waals surface area contributed by atoms with Crippen molar-refractivity contribution in [1.82, 2.24) is 24.1 Å². The van der Waals surface area contributed by atoms with E-state index in [0.717, 1.165) is 19.4 Å². The zero-order valence-electron chi connectivity index (χ0n) is 19.8. The molecular formula is C25H29N5O5. The molecule has 0 spiro atoms. The third kappa shape index (κ3) is 4.66. The van der Waals surface area contributed by atoms with Gasteiger partial charge in [-0.1, -0.05) is 18.2 Å². The Kier molecular flexibility index (Phi) is 6.54. The second-order valence-corrected chi connectivity index (χ2v) is 8.80. The molecule has 2 amide bonds. The summed E-state index contributed by atoms with van der Waals surface area (Å²) < 4.78 is 14.1. The fourth-order valence-corrected chi connectivity index (χ4v) is 4.67. The maximum Gasteiger partial charge on any atom is 0.409 e. The van der Waals surface area contributed by atoms with Gasteiger partial charge in [-0.15, -0.1) is 0 Å². The monoisotopic (exact) mass is 479 g/mol. The standard InChI is InChI=1S/C25H29N5O5/c1-2-34-25(33)29-12-10-28(11-13-29)23(31)20-16-27(15-19-9-6-14-35-19)17-21-22(20)26-30(24(21)32)18-7-4-3-5-8-18/h3-5,7-8,16-17,19H,2,6,9-15H2,1H3. The molecule has 4 aliphatic heterocycles. The average Bonchev–Trinajstić information content (AvgIpc) is 3.52. The Morgan fingerprint density at radius 3 is 2.51 bits per heavy atom. The lowest BCUT2D eigenvalue weighted by molar-refractivity contribution is 0.0569. The van der Waals surface area contributed by atoms with Crippen LogP contribution in [0.4, 0.5) is 4.79 Å². The number of aromatic nitrogens is 3. The Hall–Kier alpha value is -3.66. The predicted molar refractivity (Wildman–Crippen MR) is 128 cm³/mol. The van der Waals surface area contributed by atoms with Crippen molar-refractivity contribution in [2.45, 2.75) is 32.4 Å². The van der Waals surface area contributed by atoms with E-state index in [1.807, 2.05) is 34.9 Å². The lowest BCUT2D eigenvalue weighted by Crippen LogP contribution is -2.50. The average molecular weight is 480 g/mol. The van der Waals surface area contributed by atoms with Gasteiger partial charge in [0.2, 0.25) is 0 Å². The third-order valence-corrected chi connectivity index (χ3v) is 6.49. The van der Waals surface area contributed by atoms with Gasteiger partial charge in [0, 0.05) is 51.7 Å². The summed E-state index contributed by atoms with van der Waals surface area (Å²) in [7, 11) is 0. The van der Waals surface area contributed by atoms with Crippen LogP contribution < -0.4 is 5.56 Å². The van der Waals surface area contributed by atoms with Crippen molar-refractivity contribution in [2.75, 3.05) is 39.4 Å². The van der Waals surface area contributed by atoms with Crippen LogP contribution >= 0.6 is 0 Å². The van der Waals surface area contributed by atoms with Crippen LogP contribution in [0.3, 0.4) is 0 Å². The number of hydrogen-bond donors (Lipinski definition) is 0. The van der Waals surface area contributed by atoms with E-state index in [2.05, 4.69) is 5.10 Å². The summed E-state index contributed by atoms with van der Waals surface area (Å²) in [5.41, 5.74) is 1.51. The molecule has 0 aromatic heterocycles. The summed E-state index contributed by atoms with van der Waals surface area (Å²) in [5.74, 6) is -0.210. The molecule has 5 rings (SSSR count). The highest BCUT2D eigenvalue weighted by Gasteiger charge is 2.31. The van der Waals surface area contributed by atoms with Crippen LogP contribution in [0.1, 0.15) is 30.1 Å². The summed E-state index contributed by atoms with van der Waals surface area (Å²) in [6.45, 7) is 4.90. The molecule has 35 heavy (non-hydrogen) atoms. The Balaban J connectivity index is 1.48. The van der Waals surface area contributed by atoms with Gasteiger partial charge >= 0.3 is 6.09 Å². The molecule has 0 N–H and O–H groups in total. The number of pyridine rings is 1. The van der Waals surface area contributed by atoms with Crippen molar-refractivity contribution < 1.29 is 19.1 Å². The molecule has 0 saturated carbocycles. The Morgan fingerprint density at radius 2 is 1.83 bits per heavy atom. The number of nitrogens with zero attached hydrogens (tertiary/aromatic N) is 5. The summed E-state index contributed by atoms with van der Waals surface area (Å²) >= 11 is 0. The van der Waals surface area contributed by atoms with Crippen LogP contribution in [0, 0.1) is 0 Å². The van der Waals surface area contributed by atoms with Gasteiger partial charge in [-0.05, 0) is 31.9 Å². The first-order chi connectivity index (χ1) is 17.0. The number of piperazine rings is 1. The maximum absolute atomic E-state index is 13.7. The topological polar surface area (TPSA) is 98.9 Å². The smallest absolute Gasteiger partial charge is 0.409 e. The summed E-state index contributed by atoms with van der Waals surface area (Å²) in [5, 5.41) is 4.57. The van der Waals surface area contributed by atoms with Gasteiger partial charge < -0.3 is 23.8 Å². The number of ether oxygens (including phenoxy) is 2. The highest BCUT2D eigenvalue weighted by Crippen LogP contribution is 2.25. The minimum absolute atomic E-state index is 0.0489. The highest BCUT2D eigenvalue weighted by atomic mass is 16.6. The van der Waals surface area contributed by atoms with Gasteiger partial charge in [0.05, 0.1) is 29.5 Å². The molecular weight excluding hydrogens is 450 g/mol. The highest BCUT2D eigenvalue weighted by molar-refractivity contribution is 6.00. The van der Waals surface area contributed by atoms with Crippen LogP contribution in [0.15, 0.2) is 47.5 Å². The van der Waals surface area contributed by atoms with Crippen LogP contribution in [0.25, 0.3) is 16.9 Å². The summed E-state index contributed by atoms with van der Waals surface area (Å²) in [6, 6.07) is 9.17. The number of amides is 2. The minimum Gasteiger partial charge on any atom is -0.450 e. The first-order valence-electron chi connectivity index (χ1n) is 12.1. The molecule has 4 heterocycles. The molecule has 4 aliphatic rings. The van der Waals surface area contributed by atoms with Gasteiger partial charge in [-0.3, -0.25) is 9.59 Å². The number of fused-ring (bicyclic) bond motifs is 1. The molecule has 0 aliphatic carbocycles. The number of para-hydroxylation sites is 1. The van der Waals surface area contributed by atoms with E-state index in [1.165, 1.54) is 4.68 Å². The van der Waals surface area contributed by atoms with Crippen molar-refractivity contribution in [3.63, 3.8) is 0 Å². The van der Waals surface area contributed by atoms with E-state index >= 15 is 0 Å². The molecule has 2 saturated heterocycles. The molecule has 0 bridgehead atoms. The number of hydrogen-bond acceptors (Lipinski definition) is 6. The van der Waals surface area contributed by atoms with Crippen molar-refractivity contribution in [3.05, 3.63) is 58.6 Å². The molecule has 1 aromatic rings. The first-order valence-corrected chi connectivity index (χ1v) is 12.1. The fourth-order valence-electron chi connectivity index (χ4n) is 4.67. The van der Waals surface area contributed by atoms with Gasteiger partial charge in [-0.2, -0.15) is 9.78 Å². The van der Waals surface area contributed by atoms with Crippen molar-refractivity contribution in [2.24, 2.45) is 0 Å². The largest absolute Gasteiger partial charge is 0.450 e. The van der Waals surface area contributed by atoms with Gasteiger partial charge in [0.1, 0.15) is 5.69 Å². The van der Waals surface area contributed by atoms with E-state index in [1.54, 1.807) is 29.1 Å². The molecule has 184 valence electrons. The molecule has 2 fully saturated rings. The summed E-state index contributed by atoms with van der Waals surface area (Å²) in [4.78, 5) is 42.3. The Bertz CT molecular complexity index is 1220. The zero-order chi connectivity index (χ0) is 24.4. The van der Waals surface area contributed by atoms with E-state index in [-0.39, 0.29) is 23.7 Å². The van der Waals surface area contributed by atoms with Crippen LogP contribution in [0.5, 0.6) is 0 Å². The van der Waals surface area contributed by atoms with Gasteiger partial charge in [0.15, 0.2) is 0 Å². The molecule has 1 aromatic carbocycles. The fraction of sp³-hybridized carbons (Fsp3) is 0.440. The van der Waals surface area contributed by atoms with Crippen molar-refractivity contribution in [1.29, 1.82) is 0 Å². The van der Waals surface area contributed by atoms with E-state index in [0.29, 0.717) is 61.8 Å². The lowest BCUT2D eigenvalue weighted by atomic mass is 10.1. The zero-order valence-corrected chi connectivity index (χ0v) is 19.8. The number of carbonyl (C=O) groups excluding carboxylic acids is 2. The van der Waals surface area contributed by atoms with E-state index < -0.39 is 0 Å². The van der Waals surface area contributed by atoms with Crippen LogP contribution in [-0.2, 0) is 16.0 Å². The Labute approximate surface area is 203 Å². The van der Waals surface area contributed by atoms with E-state index in [4.69, 9.17) is 9.47 Å². The molecule has 0 radical (unpaired) electrons. The molecule has 1 unspecified atom stereocenters. The SMILES string of the molecule is CCOC(=O)N1CCN(C(=O)c2cn(CC3CCCO3)cc3c(=O)n(-c4ccccc4)nc2-3)CC1. The maximum atomic E-state index is 13.7. The van der Waals surface area contributed by atoms with Gasteiger partial charge in [0.25, 0.3) is 11.5 Å². The van der Waals surface area contributed by atoms with Crippen molar-refractivity contribution >= 4 is 12.0 Å². The molecule has 1 atom stereocenters. The normalized spacial score (nSPS) is 18.3. The molecule has 10 nitrogen and oxygen atoms in total. The number of rotatable bonds is 5. The molecule has 10 heteroatoms. The lowest BCUT2D eigenvalue weighted by Gasteiger charge is -2.34. The first kappa shape index (κ1) is 23.1. The van der Waals surface area contributed by atoms with E-state index in [9.17, 15) is 14.4 Å². The summed E-state index contributed by atoms with van der Waals surface area (Å²) in [6.07, 6.45) is 5.16. The van der Waals surface area contributed by atoms with Crippen LogP contribution in [0.2, 0.25) is 0 Å². The Morgan fingerprint density at radius 1 is 1.09 bits per heavy atom. The van der Waals surface area contributed by atoms with Gasteiger partial charge in [-0.25, -0.2) is 4.79 Å². The second-order valence-electron chi connectivity index (χ2n) is 8.80. The number of carbonyl (C=O) groups is 2. The quantitative estimate of drug-likeness (QED) is 0.557. The second kappa shape index (κ2) is 9.91. The predicted octanol–water partition coefficient (Wildman–Crippen LogP) is 2.23. The van der Waals surface area contributed by atoms with Crippen LogP contribution in [-0.4, -0.2) is 81.6 Å². The van der Waals surface area contributed by atoms with Crippen molar-refractivity contribution in [3.8, 4) is 16.9 Å².